The SMILES string of the molecule is CC(C)CCSCC1(CS)CCCC1. The maximum Gasteiger partial charge on any atom is -0.000299 e. The molecule has 0 saturated heterocycles. The lowest BCUT2D eigenvalue weighted by atomic mass is 9.91. The zero-order valence-corrected chi connectivity index (χ0v) is 11.3. The lowest BCUT2D eigenvalue weighted by molar-refractivity contribution is 0.403. The Kier molecular flexibility index (Phi) is 5.76. The normalized spacial score (nSPS) is 20.6. The molecule has 0 spiro atoms. The van der Waals surface area contributed by atoms with Crippen molar-refractivity contribution in [2.24, 2.45) is 11.3 Å². The maximum absolute atomic E-state index is 4.53. The van der Waals surface area contributed by atoms with E-state index in [2.05, 4.69) is 38.2 Å². The third kappa shape index (κ3) is 4.06. The molecule has 0 unspecified atom stereocenters. The van der Waals surface area contributed by atoms with Gasteiger partial charge in [0.2, 0.25) is 0 Å². The Morgan fingerprint density at radius 1 is 1.29 bits per heavy atom. The summed E-state index contributed by atoms with van der Waals surface area (Å²) in [5.41, 5.74) is 0.602. The average molecular weight is 232 g/mol. The van der Waals surface area contributed by atoms with Crippen LogP contribution in [0.2, 0.25) is 0 Å². The van der Waals surface area contributed by atoms with E-state index >= 15 is 0 Å². The van der Waals surface area contributed by atoms with E-state index in [1.165, 1.54) is 43.6 Å². The number of thiol groups is 1. The van der Waals surface area contributed by atoms with Gasteiger partial charge >= 0.3 is 0 Å². The van der Waals surface area contributed by atoms with E-state index in [-0.39, 0.29) is 0 Å². The number of hydrogen-bond donors (Lipinski definition) is 1. The molecule has 0 radical (unpaired) electrons. The molecule has 0 aromatic heterocycles. The number of hydrogen-bond acceptors (Lipinski definition) is 2. The van der Waals surface area contributed by atoms with Gasteiger partial charge in [0.15, 0.2) is 0 Å². The van der Waals surface area contributed by atoms with E-state index in [1.807, 2.05) is 0 Å². The van der Waals surface area contributed by atoms with Gasteiger partial charge in [-0.2, -0.15) is 24.4 Å². The van der Waals surface area contributed by atoms with E-state index in [0.717, 1.165) is 11.7 Å². The summed E-state index contributed by atoms with van der Waals surface area (Å²) in [6, 6.07) is 0. The van der Waals surface area contributed by atoms with Gasteiger partial charge in [0, 0.05) is 0 Å². The summed E-state index contributed by atoms with van der Waals surface area (Å²) in [6.45, 7) is 4.62. The molecule has 0 aliphatic heterocycles. The fourth-order valence-corrected chi connectivity index (χ4v) is 4.27. The second-order valence-corrected chi connectivity index (χ2v) is 6.52. The van der Waals surface area contributed by atoms with Crippen molar-refractivity contribution >= 4 is 24.4 Å². The molecule has 0 heterocycles. The topological polar surface area (TPSA) is 0 Å². The van der Waals surface area contributed by atoms with Crippen molar-refractivity contribution in [1.29, 1.82) is 0 Å². The van der Waals surface area contributed by atoms with Crippen LogP contribution in [0.25, 0.3) is 0 Å². The van der Waals surface area contributed by atoms with E-state index in [0.29, 0.717) is 5.41 Å². The van der Waals surface area contributed by atoms with Crippen LogP contribution < -0.4 is 0 Å². The lowest BCUT2D eigenvalue weighted by Crippen LogP contribution is -2.22. The molecular formula is C12H24S2. The molecule has 1 rings (SSSR count). The smallest absolute Gasteiger partial charge is 0.000299 e. The molecule has 0 nitrogen and oxygen atoms in total. The fourth-order valence-electron chi connectivity index (χ4n) is 2.08. The van der Waals surface area contributed by atoms with Gasteiger partial charge in [0.1, 0.15) is 0 Å². The Balaban J connectivity index is 2.15. The second kappa shape index (κ2) is 6.32. The molecule has 0 aromatic rings. The van der Waals surface area contributed by atoms with Gasteiger partial charge in [-0.15, -0.1) is 0 Å². The van der Waals surface area contributed by atoms with Crippen LogP contribution in [0.15, 0.2) is 0 Å². The standard InChI is InChI=1S/C12H24S2/c1-11(2)5-8-14-10-12(9-13)6-3-4-7-12/h11,13H,3-10H2,1-2H3. The van der Waals surface area contributed by atoms with Crippen molar-refractivity contribution in [2.75, 3.05) is 17.3 Å². The first-order valence-electron chi connectivity index (χ1n) is 5.87. The minimum atomic E-state index is 0.602. The molecule has 0 bridgehead atoms. The lowest BCUT2D eigenvalue weighted by Gasteiger charge is -2.26. The summed E-state index contributed by atoms with van der Waals surface area (Å²) >= 11 is 6.68. The van der Waals surface area contributed by atoms with E-state index < -0.39 is 0 Å². The van der Waals surface area contributed by atoms with Crippen LogP contribution in [0.4, 0.5) is 0 Å². The molecule has 0 atom stereocenters. The van der Waals surface area contributed by atoms with Gasteiger partial charge in [-0.25, -0.2) is 0 Å². The van der Waals surface area contributed by atoms with E-state index in [4.69, 9.17) is 0 Å². The van der Waals surface area contributed by atoms with Gasteiger partial charge in [-0.3, -0.25) is 0 Å². The highest BCUT2D eigenvalue weighted by Crippen LogP contribution is 2.41. The Hall–Kier alpha value is 0.700. The van der Waals surface area contributed by atoms with Gasteiger partial charge in [-0.05, 0) is 47.9 Å². The predicted octanol–water partition coefficient (Wildman–Crippen LogP) is 4.26. The summed E-state index contributed by atoms with van der Waals surface area (Å²) in [5, 5.41) is 0. The van der Waals surface area contributed by atoms with Crippen molar-refractivity contribution in [1.82, 2.24) is 0 Å². The first-order valence-corrected chi connectivity index (χ1v) is 7.66. The summed E-state index contributed by atoms with van der Waals surface area (Å²) in [4.78, 5) is 0. The van der Waals surface area contributed by atoms with Crippen LogP contribution in [0.3, 0.4) is 0 Å². The van der Waals surface area contributed by atoms with Crippen LogP contribution in [-0.2, 0) is 0 Å². The molecular weight excluding hydrogens is 208 g/mol. The van der Waals surface area contributed by atoms with E-state index in [9.17, 15) is 0 Å². The second-order valence-electron chi connectivity index (χ2n) is 5.10. The molecule has 1 fully saturated rings. The third-order valence-electron chi connectivity index (χ3n) is 3.25. The van der Waals surface area contributed by atoms with Crippen molar-refractivity contribution in [3.05, 3.63) is 0 Å². The molecule has 2 heteroatoms. The first kappa shape index (κ1) is 12.8. The Morgan fingerprint density at radius 2 is 1.93 bits per heavy atom. The van der Waals surface area contributed by atoms with Gasteiger partial charge < -0.3 is 0 Å². The quantitative estimate of drug-likeness (QED) is 0.527. The molecule has 1 aliphatic rings. The Labute approximate surface area is 99.0 Å². The Bertz CT molecular complexity index is 148. The fraction of sp³-hybridized carbons (Fsp3) is 1.00. The summed E-state index contributed by atoms with van der Waals surface area (Å²) in [6.07, 6.45) is 7.08. The zero-order chi connectivity index (χ0) is 10.4. The monoisotopic (exact) mass is 232 g/mol. The van der Waals surface area contributed by atoms with Crippen molar-refractivity contribution < 1.29 is 0 Å². The highest BCUT2D eigenvalue weighted by Gasteiger charge is 2.31. The number of thioether (sulfide) groups is 1. The largest absolute Gasteiger partial charge is 0.179 e. The van der Waals surface area contributed by atoms with Crippen molar-refractivity contribution in [3.63, 3.8) is 0 Å². The first-order chi connectivity index (χ1) is 6.68. The Morgan fingerprint density at radius 3 is 2.43 bits per heavy atom. The molecule has 1 saturated carbocycles. The van der Waals surface area contributed by atoms with Crippen molar-refractivity contribution in [3.8, 4) is 0 Å². The maximum atomic E-state index is 4.53. The van der Waals surface area contributed by atoms with Gasteiger partial charge in [0.25, 0.3) is 0 Å². The van der Waals surface area contributed by atoms with Gasteiger partial charge in [-0.1, -0.05) is 26.7 Å². The van der Waals surface area contributed by atoms with Gasteiger partial charge in [0.05, 0.1) is 0 Å². The minimum absolute atomic E-state index is 0.602. The zero-order valence-electron chi connectivity index (χ0n) is 9.59. The number of rotatable bonds is 6. The predicted molar refractivity (Wildman–Crippen MR) is 71.5 cm³/mol. The van der Waals surface area contributed by atoms with Crippen LogP contribution >= 0.6 is 24.4 Å². The molecule has 84 valence electrons. The summed E-state index contributed by atoms with van der Waals surface area (Å²) < 4.78 is 0. The summed E-state index contributed by atoms with van der Waals surface area (Å²) in [5.74, 6) is 4.65. The molecule has 0 aromatic carbocycles. The molecule has 14 heavy (non-hydrogen) atoms. The van der Waals surface area contributed by atoms with Crippen LogP contribution in [0.1, 0.15) is 46.0 Å². The highest BCUT2D eigenvalue weighted by molar-refractivity contribution is 7.99. The average Bonchev–Trinajstić information content (AvgIpc) is 2.62. The minimum Gasteiger partial charge on any atom is -0.179 e. The molecule has 0 N–H and O–H groups in total. The van der Waals surface area contributed by atoms with Crippen LogP contribution in [-0.4, -0.2) is 17.3 Å². The highest BCUT2D eigenvalue weighted by atomic mass is 32.2. The summed E-state index contributed by atoms with van der Waals surface area (Å²) in [7, 11) is 0. The van der Waals surface area contributed by atoms with Crippen LogP contribution in [0, 0.1) is 11.3 Å². The molecule has 1 aliphatic carbocycles. The van der Waals surface area contributed by atoms with Crippen LogP contribution in [0.5, 0.6) is 0 Å². The van der Waals surface area contributed by atoms with E-state index in [1.54, 1.807) is 0 Å². The third-order valence-corrected chi connectivity index (χ3v) is 5.26. The van der Waals surface area contributed by atoms with Crippen molar-refractivity contribution in [2.45, 2.75) is 46.0 Å². The molecule has 0 amide bonds.